The number of halogens is 1. The Morgan fingerprint density at radius 2 is 2.08 bits per heavy atom. The van der Waals surface area contributed by atoms with Gasteiger partial charge in [-0.1, -0.05) is 6.92 Å². The number of aryl methyl sites for hydroxylation is 1. The highest BCUT2D eigenvalue weighted by Crippen LogP contribution is 2.30. The molecule has 24 heavy (non-hydrogen) atoms. The van der Waals surface area contributed by atoms with Crippen LogP contribution in [-0.2, 0) is 6.42 Å². The van der Waals surface area contributed by atoms with Crippen molar-refractivity contribution in [3.63, 3.8) is 0 Å². The van der Waals surface area contributed by atoms with E-state index in [-0.39, 0.29) is 23.5 Å². The highest BCUT2D eigenvalue weighted by Gasteiger charge is 2.21. The lowest BCUT2D eigenvalue weighted by atomic mass is 10.1. The number of pyridine rings is 1. The zero-order valence-electron chi connectivity index (χ0n) is 13.0. The molecule has 5 N–H and O–H groups in total. The van der Waals surface area contributed by atoms with E-state index in [9.17, 15) is 14.7 Å². The summed E-state index contributed by atoms with van der Waals surface area (Å²) in [5.74, 6) is -0.253. The monoisotopic (exact) mass is 367 g/mol. The second-order valence-electron chi connectivity index (χ2n) is 5.19. The largest absolute Gasteiger partial charge is 0.478 e. The van der Waals surface area contributed by atoms with E-state index in [1.165, 1.54) is 0 Å². The van der Waals surface area contributed by atoms with Crippen LogP contribution in [0.4, 0.5) is 0 Å². The zero-order valence-corrected chi connectivity index (χ0v) is 14.6. The van der Waals surface area contributed by atoms with Crippen molar-refractivity contribution >= 4 is 51.9 Å². The van der Waals surface area contributed by atoms with E-state index < -0.39 is 5.97 Å². The predicted molar refractivity (Wildman–Crippen MR) is 99.8 cm³/mol. The topological polar surface area (TPSA) is 112 Å². The quantitative estimate of drug-likeness (QED) is 0.518. The number of benzene rings is 1. The highest BCUT2D eigenvalue weighted by molar-refractivity contribution is 7.99. The molecule has 0 fully saturated rings. The molecule has 8 heteroatoms. The van der Waals surface area contributed by atoms with Crippen molar-refractivity contribution in [3.05, 3.63) is 39.8 Å². The second kappa shape index (κ2) is 7.29. The summed E-state index contributed by atoms with van der Waals surface area (Å²) in [4.78, 5) is 30.7. The number of nitrogens with one attached hydrogen (secondary N) is 2. The fourth-order valence-corrected chi connectivity index (χ4v) is 3.50. The molecule has 128 valence electrons. The summed E-state index contributed by atoms with van der Waals surface area (Å²) >= 11 is 1.60. The molecule has 0 unspecified atom stereocenters. The van der Waals surface area contributed by atoms with Crippen LogP contribution in [0.3, 0.4) is 0 Å². The van der Waals surface area contributed by atoms with Gasteiger partial charge >= 0.3 is 5.97 Å². The minimum absolute atomic E-state index is 0. The molecule has 0 aliphatic heterocycles. The van der Waals surface area contributed by atoms with E-state index >= 15 is 0 Å². The fourth-order valence-electron chi connectivity index (χ4n) is 2.78. The third-order valence-corrected chi connectivity index (χ3v) is 4.79. The van der Waals surface area contributed by atoms with Crippen LogP contribution in [0.2, 0.25) is 0 Å². The van der Waals surface area contributed by atoms with Gasteiger partial charge < -0.3 is 20.8 Å². The maximum absolute atomic E-state index is 12.3. The predicted octanol–water partition coefficient (Wildman–Crippen LogP) is 2.74. The molecule has 6 nitrogen and oxygen atoms in total. The molecule has 0 atom stereocenters. The lowest BCUT2D eigenvalue weighted by molar-refractivity contribution is 0.0698. The van der Waals surface area contributed by atoms with Crippen molar-refractivity contribution in [3.8, 4) is 0 Å². The van der Waals surface area contributed by atoms with E-state index in [4.69, 9.17) is 5.73 Å². The summed E-state index contributed by atoms with van der Waals surface area (Å²) in [5.41, 5.74) is 6.91. The lowest BCUT2D eigenvalue weighted by Crippen LogP contribution is -2.07. The Hall–Kier alpha value is -1.96. The number of carboxylic acids is 1. The molecule has 1 aromatic carbocycles. The van der Waals surface area contributed by atoms with Gasteiger partial charge in [-0.25, -0.2) is 4.79 Å². The molecular formula is C16H18ClN3O3S. The van der Waals surface area contributed by atoms with Crippen molar-refractivity contribution in [2.24, 2.45) is 5.73 Å². The van der Waals surface area contributed by atoms with Crippen LogP contribution in [0, 0.1) is 0 Å². The highest BCUT2D eigenvalue weighted by atomic mass is 35.5. The minimum atomic E-state index is -1.03. The number of aromatic amines is 2. The molecule has 3 rings (SSSR count). The SMILES string of the molecule is CCc1[nH]c2c(=O)[nH]c3ccc(SCCN)cc3c2c1C(=O)O.Cl. The van der Waals surface area contributed by atoms with Gasteiger partial charge in [0.1, 0.15) is 5.52 Å². The molecule has 2 aromatic heterocycles. The van der Waals surface area contributed by atoms with Gasteiger partial charge in [-0.2, -0.15) is 0 Å². The Morgan fingerprint density at radius 1 is 1.33 bits per heavy atom. The molecular weight excluding hydrogens is 350 g/mol. The summed E-state index contributed by atoms with van der Waals surface area (Å²) in [7, 11) is 0. The number of carbonyl (C=O) groups is 1. The minimum Gasteiger partial charge on any atom is -0.478 e. The average molecular weight is 368 g/mol. The normalized spacial score (nSPS) is 10.9. The van der Waals surface area contributed by atoms with Gasteiger partial charge in [-0.05, 0) is 24.6 Å². The summed E-state index contributed by atoms with van der Waals surface area (Å²) in [6, 6.07) is 5.62. The van der Waals surface area contributed by atoms with Crippen molar-refractivity contribution in [2.75, 3.05) is 12.3 Å². The Labute approximate surface area is 148 Å². The zero-order chi connectivity index (χ0) is 16.6. The summed E-state index contributed by atoms with van der Waals surface area (Å²) in [6.07, 6.45) is 0.513. The average Bonchev–Trinajstić information content (AvgIpc) is 2.94. The third kappa shape index (κ3) is 3.02. The fraction of sp³-hybridized carbons (Fsp3) is 0.250. The maximum Gasteiger partial charge on any atom is 0.338 e. The number of aromatic carboxylic acids is 1. The van der Waals surface area contributed by atoms with Gasteiger partial charge in [0, 0.05) is 39.2 Å². The van der Waals surface area contributed by atoms with Crippen LogP contribution in [0.5, 0.6) is 0 Å². The first-order chi connectivity index (χ1) is 11.1. The van der Waals surface area contributed by atoms with Gasteiger partial charge in [0.05, 0.1) is 5.56 Å². The lowest BCUT2D eigenvalue weighted by Gasteiger charge is -2.05. The number of rotatable bonds is 5. The molecule has 0 saturated heterocycles. The number of nitrogens with two attached hydrogens (primary N) is 1. The standard InChI is InChI=1S/C16H17N3O3S.ClH/c1-2-10-13(16(21)22)12-9-7-8(23-6-5-17)3-4-11(9)19-15(20)14(12)18-10;/h3-4,7,18H,2,5-6,17H2,1H3,(H,19,20)(H,21,22);1H. The van der Waals surface area contributed by atoms with Crippen molar-refractivity contribution in [1.82, 2.24) is 9.97 Å². The Balaban J connectivity index is 0.00000208. The van der Waals surface area contributed by atoms with Gasteiger partial charge in [-0.3, -0.25) is 4.79 Å². The summed E-state index contributed by atoms with van der Waals surface area (Å²) in [5, 5.41) is 10.8. The molecule has 3 aromatic rings. The smallest absolute Gasteiger partial charge is 0.338 e. The van der Waals surface area contributed by atoms with Crippen LogP contribution in [0.1, 0.15) is 23.0 Å². The summed E-state index contributed by atoms with van der Waals surface area (Å²) < 4.78 is 0. The van der Waals surface area contributed by atoms with E-state index in [1.807, 2.05) is 19.1 Å². The number of hydrogen-bond acceptors (Lipinski definition) is 4. The van der Waals surface area contributed by atoms with Gasteiger partial charge in [0.2, 0.25) is 0 Å². The van der Waals surface area contributed by atoms with Gasteiger partial charge in [0.15, 0.2) is 0 Å². The number of hydrogen-bond donors (Lipinski definition) is 4. The number of carboxylic acid groups (broad SMARTS) is 1. The maximum atomic E-state index is 12.3. The van der Waals surface area contributed by atoms with Gasteiger partial charge in [-0.15, -0.1) is 24.2 Å². The number of fused-ring (bicyclic) bond motifs is 3. The second-order valence-corrected chi connectivity index (χ2v) is 6.35. The van der Waals surface area contributed by atoms with Crippen LogP contribution >= 0.6 is 24.2 Å². The number of aromatic nitrogens is 2. The number of thioether (sulfide) groups is 1. The molecule has 2 heterocycles. The van der Waals surface area contributed by atoms with Crippen molar-refractivity contribution in [2.45, 2.75) is 18.2 Å². The van der Waals surface area contributed by atoms with Gasteiger partial charge in [0.25, 0.3) is 5.56 Å². The first-order valence-corrected chi connectivity index (χ1v) is 8.32. The number of H-pyrrole nitrogens is 2. The molecule has 0 spiro atoms. The van der Waals surface area contributed by atoms with Crippen molar-refractivity contribution in [1.29, 1.82) is 0 Å². The Morgan fingerprint density at radius 3 is 2.71 bits per heavy atom. The van der Waals surface area contributed by atoms with E-state index in [2.05, 4.69) is 9.97 Å². The Bertz CT molecular complexity index is 964. The molecule has 0 radical (unpaired) electrons. The van der Waals surface area contributed by atoms with E-state index in [1.54, 1.807) is 17.8 Å². The van der Waals surface area contributed by atoms with E-state index in [0.29, 0.717) is 35.1 Å². The molecule has 0 amide bonds. The summed E-state index contributed by atoms with van der Waals surface area (Å²) in [6.45, 7) is 2.42. The third-order valence-electron chi connectivity index (χ3n) is 3.77. The van der Waals surface area contributed by atoms with Crippen LogP contribution in [0.25, 0.3) is 21.8 Å². The molecule has 0 aliphatic rings. The van der Waals surface area contributed by atoms with E-state index in [0.717, 1.165) is 16.0 Å². The Kier molecular flexibility index (Phi) is 5.58. The first kappa shape index (κ1) is 18.4. The molecule has 0 aliphatic carbocycles. The van der Waals surface area contributed by atoms with Crippen LogP contribution in [-0.4, -0.2) is 33.3 Å². The van der Waals surface area contributed by atoms with Crippen LogP contribution < -0.4 is 11.3 Å². The molecule has 0 saturated carbocycles. The molecule has 0 bridgehead atoms. The van der Waals surface area contributed by atoms with Crippen LogP contribution in [0.15, 0.2) is 27.9 Å². The van der Waals surface area contributed by atoms with Crippen molar-refractivity contribution < 1.29 is 9.90 Å². The first-order valence-electron chi connectivity index (χ1n) is 7.33.